The van der Waals surface area contributed by atoms with Crippen molar-refractivity contribution in [3.63, 3.8) is 0 Å². The zero-order chi connectivity index (χ0) is 18.5. The van der Waals surface area contributed by atoms with E-state index < -0.39 is 32.3 Å². The Morgan fingerprint density at radius 1 is 1.08 bits per heavy atom. The van der Waals surface area contributed by atoms with Gasteiger partial charge in [-0.15, -0.1) is 0 Å². The maximum absolute atomic E-state index is 14.9. The Bertz CT molecular complexity index is 959. The molecule has 2 aromatic carbocycles. The summed E-state index contributed by atoms with van der Waals surface area (Å²) in [6, 6.07) is 7.84. The Kier molecular flexibility index (Phi) is 4.33. The first-order chi connectivity index (χ1) is 12.4. The number of benzene rings is 2. The highest BCUT2D eigenvalue weighted by Crippen LogP contribution is 2.52. The van der Waals surface area contributed by atoms with Gasteiger partial charge in [0.05, 0.1) is 11.0 Å². The van der Waals surface area contributed by atoms with E-state index in [2.05, 4.69) is 0 Å². The molecule has 0 bridgehead atoms. The fourth-order valence-electron chi connectivity index (χ4n) is 4.30. The predicted octanol–water partition coefficient (Wildman–Crippen LogP) is 4.41. The van der Waals surface area contributed by atoms with Gasteiger partial charge >= 0.3 is 0 Å². The minimum absolute atomic E-state index is 0.0360. The molecule has 3 nitrogen and oxygen atoms in total. The summed E-state index contributed by atoms with van der Waals surface area (Å²) < 4.78 is 60.8. The van der Waals surface area contributed by atoms with Crippen molar-refractivity contribution in [2.45, 2.75) is 41.4 Å². The van der Waals surface area contributed by atoms with Gasteiger partial charge in [0.2, 0.25) is 0 Å². The van der Waals surface area contributed by atoms with Gasteiger partial charge in [0.1, 0.15) is 16.4 Å². The van der Waals surface area contributed by atoms with E-state index >= 15 is 0 Å². The molecule has 1 fully saturated rings. The topological polar surface area (TPSA) is 43.4 Å². The molecule has 1 aliphatic heterocycles. The van der Waals surface area contributed by atoms with Crippen molar-refractivity contribution in [1.29, 1.82) is 0 Å². The van der Waals surface area contributed by atoms with Gasteiger partial charge in [0.25, 0.3) is 0 Å². The second-order valence-corrected chi connectivity index (χ2v) is 9.37. The molecular weight excluding hydrogens is 382 g/mol. The number of hydrogen-bond donors (Lipinski definition) is 0. The Morgan fingerprint density at radius 3 is 2.50 bits per heavy atom. The van der Waals surface area contributed by atoms with Gasteiger partial charge in [0.15, 0.2) is 9.84 Å². The van der Waals surface area contributed by atoms with Gasteiger partial charge < -0.3 is 4.74 Å². The summed E-state index contributed by atoms with van der Waals surface area (Å²) in [5.41, 5.74) is 0.0766. The largest absolute Gasteiger partial charge is 0.376 e. The summed E-state index contributed by atoms with van der Waals surface area (Å²) in [6.45, 7) is 0.412. The van der Waals surface area contributed by atoms with Crippen LogP contribution in [0.3, 0.4) is 0 Å². The molecule has 138 valence electrons. The van der Waals surface area contributed by atoms with Gasteiger partial charge in [-0.1, -0.05) is 11.6 Å². The highest BCUT2D eigenvalue weighted by Gasteiger charge is 2.58. The van der Waals surface area contributed by atoms with Crippen LogP contribution in [0.25, 0.3) is 0 Å². The summed E-state index contributed by atoms with van der Waals surface area (Å²) in [7, 11) is -4.04. The zero-order valence-corrected chi connectivity index (χ0v) is 15.4. The third kappa shape index (κ3) is 2.42. The third-order valence-electron chi connectivity index (χ3n) is 5.42. The van der Waals surface area contributed by atoms with Gasteiger partial charge in [-0.2, -0.15) is 0 Å². The molecule has 1 saturated heterocycles. The van der Waals surface area contributed by atoms with Crippen LogP contribution in [-0.2, 0) is 25.7 Å². The molecule has 0 amide bonds. The van der Waals surface area contributed by atoms with Crippen molar-refractivity contribution in [2.75, 3.05) is 6.61 Å². The molecule has 1 heterocycles. The minimum atomic E-state index is -4.04. The van der Waals surface area contributed by atoms with E-state index in [0.29, 0.717) is 24.5 Å². The summed E-state index contributed by atoms with van der Waals surface area (Å²) in [4.78, 5) is 0.0360. The summed E-state index contributed by atoms with van der Waals surface area (Å²) >= 11 is 5.88. The Balaban J connectivity index is 2.02. The molecule has 2 aromatic rings. The Hall–Kier alpha value is -1.50. The predicted molar refractivity (Wildman–Crippen MR) is 94.0 cm³/mol. The van der Waals surface area contributed by atoms with Crippen molar-refractivity contribution in [2.24, 2.45) is 0 Å². The second-order valence-electron chi connectivity index (χ2n) is 6.73. The molecule has 2 aliphatic rings. The van der Waals surface area contributed by atoms with Crippen molar-refractivity contribution in [3.05, 3.63) is 64.2 Å². The standard InChI is InChI=1S/C19H17ClF2O3S/c20-12-2-4-13(5-3-12)26(23,24)19-10-1-11-25-17(19)9-6-14-15(21)7-8-16(22)18(14)19/h2-5,7-8,17H,1,6,9-11H2. The highest BCUT2D eigenvalue weighted by molar-refractivity contribution is 7.92. The fraction of sp³-hybridized carbons (Fsp3) is 0.368. The number of hydrogen-bond acceptors (Lipinski definition) is 3. The average Bonchev–Trinajstić information content (AvgIpc) is 2.64. The number of rotatable bonds is 2. The van der Waals surface area contributed by atoms with Crippen LogP contribution in [0.2, 0.25) is 5.02 Å². The maximum Gasteiger partial charge on any atom is 0.190 e. The molecule has 4 rings (SSSR count). The van der Waals surface area contributed by atoms with E-state index in [9.17, 15) is 17.2 Å². The van der Waals surface area contributed by atoms with Crippen molar-refractivity contribution < 1.29 is 21.9 Å². The normalized spacial score (nSPS) is 25.4. The number of ether oxygens (including phenoxy) is 1. The Labute approximate surface area is 155 Å². The van der Waals surface area contributed by atoms with Crippen molar-refractivity contribution >= 4 is 21.4 Å². The lowest BCUT2D eigenvalue weighted by molar-refractivity contribution is -0.0266. The van der Waals surface area contributed by atoms with Gasteiger partial charge in [-0.25, -0.2) is 17.2 Å². The minimum Gasteiger partial charge on any atom is -0.376 e. The van der Waals surface area contributed by atoms with Crippen LogP contribution in [0.15, 0.2) is 41.3 Å². The van der Waals surface area contributed by atoms with E-state index in [-0.39, 0.29) is 28.9 Å². The summed E-state index contributed by atoms with van der Waals surface area (Å²) in [5, 5.41) is 0.402. The molecule has 0 spiro atoms. The molecule has 0 radical (unpaired) electrons. The van der Waals surface area contributed by atoms with Crippen LogP contribution in [0.4, 0.5) is 8.78 Å². The van der Waals surface area contributed by atoms with Gasteiger partial charge in [-0.3, -0.25) is 0 Å². The van der Waals surface area contributed by atoms with Crippen molar-refractivity contribution in [3.8, 4) is 0 Å². The Morgan fingerprint density at radius 2 is 1.77 bits per heavy atom. The monoisotopic (exact) mass is 398 g/mol. The SMILES string of the molecule is O=S(=O)(c1ccc(Cl)cc1)C12CCCOC1CCc1c(F)ccc(F)c12. The molecule has 0 N–H and O–H groups in total. The molecule has 0 saturated carbocycles. The maximum atomic E-state index is 14.9. The molecule has 26 heavy (non-hydrogen) atoms. The molecule has 2 unspecified atom stereocenters. The number of fused-ring (bicyclic) bond motifs is 3. The first kappa shape index (κ1) is 17.9. The number of halogens is 3. The van der Waals surface area contributed by atoms with E-state index in [0.717, 1.165) is 12.1 Å². The lowest BCUT2D eigenvalue weighted by Crippen LogP contribution is -2.54. The van der Waals surface area contributed by atoms with E-state index in [1.165, 1.54) is 24.3 Å². The molecule has 0 aromatic heterocycles. The van der Waals surface area contributed by atoms with E-state index in [4.69, 9.17) is 16.3 Å². The van der Waals surface area contributed by atoms with Crippen LogP contribution < -0.4 is 0 Å². The van der Waals surface area contributed by atoms with Crippen LogP contribution in [0.1, 0.15) is 30.4 Å². The highest BCUT2D eigenvalue weighted by atomic mass is 35.5. The van der Waals surface area contributed by atoms with E-state index in [1.807, 2.05) is 0 Å². The smallest absolute Gasteiger partial charge is 0.190 e. The first-order valence-electron chi connectivity index (χ1n) is 8.47. The van der Waals surface area contributed by atoms with Crippen LogP contribution in [-0.4, -0.2) is 21.1 Å². The zero-order valence-electron chi connectivity index (χ0n) is 13.8. The molecule has 2 atom stereocenters. The van der Waals surface area contributed by atoms with Crippen LogP contribution >= 0.6 is 11.6 Å². The second kappa shape index (κ2) is 6.29. The van der Waals surface area contributed by atoms with Crippen LogP contribution in [0, 0.1) is 11.6 Å². The van der Waals surface area contributed by atoms with Crippen LogP contribution in [0.5, 0.6) is 0 Å². The average molecular weight is 399 g/mol. The summed E-state index contributed by atoms with van der Waals surface area (Å²) in [6.07, 6.45) is 0.525. The quantitative estimate of drug-likeness (QED) is 0.752. The van der Waals surface area contributed by atoms with Crippen molar-refractivity contribution in [1.82, 2.24) is 0 Å². The molecular formula is C19H17ClF2O3S. The molecule has 7 heteroatoms. The van der Waals surface area contributed by atoms with Gasteiger partial charge in [-0.05, 0) is 67.6 Å². The third-order valence-corrected chi connectivity index (χ3v) is 8.19. The van der Waals surface area contributed by atoms with E-state index in [1.54, 1.807) is 0 Å². The number of sulfone groups is 1. The summed E-state index contributed by atoms with van der Waals surface area (Å²) in [5.74, 6) is -1.27. The lowest BCUT2D eigenvalue weighted by Gasteiger charge is -2.47. The van der Waals surface area contributed by atoms with Gasteiger partial charge in [0, 0.05) is 17.2 Å². The molecule has 1 aliphatic carbocycles. The first-order valence-corrected chi connectivity index (χ1v) is 10.3. The lowest BCUT2D eigenvalue weighted by atomic mass is 9.76. The fourth-order valence-corrected chi connectivity index (χ4v) is 6.77.